The topological polar surface area (TPSA) is 89.3 Å². The van der Waals surface area contributed by atoms with Crippen LogP contribution in [0.2, 0.25) is 0 Å². The van der Waals surface area contributed by atoms with Gasteiger partial charge in [-0.1, -0.05) is 30.4 Å². The maximum atomic E-state index is 14.1. The Bertz CT molecular complexity index is 1280. The van der Waals surface area contributed by atoms with Crippen LogP contribution in [-0.2, 0) is 20.7 Å². The second-order valence-electron chi connectivity index (χ2n) is 12.4. The van der Waals surface area contributed by atoms with E-state index in [4.69, 9.17) is 13.9 Å². The van der Waals surface area contributed by atoms with E-state index in [0.717, 1.165) is 49.8 Å². The van der Waals surface area contributed by atoms with Gasteiger partial charge in [-0.2, -0.15) is 0 Å². The molecule has 0 spiro atoms. The van der Waals surface area contributed by atoms with Crippen LogP contribution in [-0.4, -0.2) is 59.1 Å². The van der Waals surface area contributed by atoms with Crippen LogP contribution in [0, 0.1) is 5.92 Å². The molecule has 1 aliphatic carbocycles. The molecule has 8 heteroatoms. The molecule has 3 aliphatic heterocycles. The van der Waals surface area contributed by atoms with E-state index < -0.39 is 35.7 Å². The molecule has 6 rings (SSSR count). The van der Waals surface area contributed by atoms with Gasteiger partial charge in [0, 0.05) is 31.0 Å². The summed E-state index contributed by atoms with van der Waals surface area (Å²) in [5.41, 5.74) is 0.700. The molecular formula is C33H42N2O6. The van der Waals surface area contributed by atoms with E-state index in [1.165, 1.54) is 0 Å². The molecule has 2 aromatic rings. The van der Waals surface area contributed by atoms with Crippen molar-refractivity contribution in [3.8, 4) is 0 Å². The average Bonchev–Trinajstić information content (AvgIpc) is 3.46. The maximum Gasteiger partial charge on any atom is 0.411 e. The Balaban J connectivity index is 1.51. The van der Waals surface area contributed by atoms with Gasteiger partial charge < -0.3 is 18.8 Å². The van der Waals surface area contributed by atoms with Crippen LogP contribution in [0.1, 0.15) is 99.2 Å². The first-order valence-electron chi connectivity index (χ1n) is 14.9. The van der Waals surface area contributed by atoms with Crippen molar-refractivity contribution in [2.24, 2.45) is 5.92 Å². The van der Waals surface area contributed by atoms with E-state index in [-0.39, 0.29) is 18.4 Å². The van der Waals surface area contributed by atoms with Gasteiger partial charge in [-0.05, 0) is 78.0 Å². The molecule has 4 atom stereocenters. The number of nitrogens with zero attached hydrogens (tertiary/aromatic N) is 2. The van der Waals surface area contributed by atoms with Gasteiger partial charge in [0.15, 0.2) is 0 Å². The summed E-state index contributed by atoms with van der Waals surface area (Å²) >= 11 is 0. The van der Waals surface area contributed by atoms with Crippen molar-refractivity contribution in [1.29, 1.82) is 0 Å². The summed E-state index contributed by atoms with van der Waals surface area (Å²) in [4.78, 5) is 44.4. The molecule has 1 saturated heterocycles. The van der Waals surface area contributed by atoms with Crippen molar-refractivity contribution in [2.45, 2.75) is 89.8 Å². The molecule has 4 aliphatic rings. The molecule has 0 saturated carbocycles. The smallest absolute Gasteiger partial charge is 0.411 e. The van der Waals surface area contributed by atoms with Crippen LogP contribution in [0.3, 0.4) is 0 Å². The van der Waals surface area contributed by atoms with Gasteiger partial charge in [0.1, 0.15) is 29.8 Å². The molecule has 1 fully saturated rings. The van der Waals surface area contributed by atoms with E-state index in [2.05, 4.69) is 18.2 Å². The van der Waals surface area contributed by atoms with Crippen molar-refractivity contribution in [3.05, 3.63) is 71.2 Å². The standard InChI is InChI=1S/C33H42N2O6/c1-22(21-39-31(37)23-14-10-9-11-15-23)35(32(38)41-33(2,3)4)28-27-25-17-19-34(30(27)36)18-13-8-6-5-7-12-16-24-20-26(25)29(28)40-24/h5,7,9-11,14-15,20,22,25,27-28H,6,8,12-13,16-19,21H2,1-4H3. The summed E-state index contributed by atoms with van der Waals surface area (Å²) in [6.45, 7) is 8.63. The predicted molar refractivity (Wildman–Crippen MR) is 154 cm³/mol. The first-order valence-corrected chi connectivity index (χ1v) is 14.9. The summed E-state index contributed by atoms with van der Waals surface area (Å²) in [6, 6.07) is 9.64. The van der Waals surface area contributed by atoms with Crippen LogP contribution in [0.25, 0.3) is 0 Å². The molecule has 220 valence electrons. The largest absolute Gasteiger partial charge is 0.464 e. The fourth-order valence-electron chi connectivity index (χ4n) is 6.32. The van der Waals surface area contributed by atoms with Crippen molar-refractivity contribution >= 4 is 18.0 Å². The highest BCUT2D eigenvalue weighted by atomic mass is 16.6. The van der Waals surface area contributed by atoms with Crippen molar-refractivity contribution in [2.75, 3.05) is 19.7 Å². The number of ether oxygens (including phenoxy) is 2. The van der Waals surface area contributed by atoms with E-state index in [1.54, 1.807) is 29.2 Å². The third-order valence-electron chi connectivity index (χ3n) is 8.21. The number of allylic oxidation sites excluding steroid dienone is 2. The van der Waals surface area contributed by atoms with Gasteiger partial charge >= 0.3 is 12.1 Å². The van der Waals surface area contributed by atoms with Crippen LogP contribution in [0.15, 0.2) is 53.0 Å². The van der Waals surface area contributed by atoms with Crippen molar-refractivity contribution in [3.63, 3.8) is 0 Å². The van der Waals surface area contributed by atoms with Crippen LogP contribution in [0.5, 0.6) is 0 Å². The quantitative estimate of drug-likeness (QED) is 0.309. The third-order valence-corrected chi connectivity index (χ3v) is 8.21. The van der Waals surface area contributed by atoms with Crippen LogP contribution >= 0.6 is 0 Å². The van der Waals surface area contributed by atoms with Gasteiger partial charge in [-0.15, -0.1) is 0 Å². The highest BCUT2D eigenvalue weighted by Crippen LogP contribution is 2.54. The Morgan fingerprint density at radius 2 is 1.85 bits per heavy atom. The lowest BCUT2D eigenvalue weighted by Gasteiger charge is -2.42. The highest BCUT2D eigenvalue weighted by molar-refractivity contribution is 5.89. The van der Waals surface area contributed by atoms with Crippen molar-refractivity contribution < 1.29 is 28.3 Å². The predicted octanol–water partition coefficient (Wildman–Crippen LogP) is 6.42. The number of benzene rings is 1. The minimum absolute atomic E-state index is 0.0408. The number of esters is 1. The molecule has 1 aromatic heterocycles. The Morgan fingerprint density at radius 1 is 1.10 bits per heavy atom. The number of piperidine rings is 1. The molecule has 4 unspecified atom stereocenters. The number of hydrogen-bond acceptors (Lipinski definition) is 6. The first kappa shape index (κ1) is 29.0. The number of fused-ring (bicyclic) bond motifs is 7. The molecule has 2 amide bonds. The zero-order valence-electron chi connectivity index (χ0n) is 24.6. The van der Waals surface area contributed by atoms with Gasteiger partial charge in [0.2, 0.25) is 5.91 Å². The number of carbonyl (C=O) groups is 3. The molecule has 0 N–H and O–H groups in total. The molecule has 0 radical (unpaired) electrons. The Kier molecular flexibility index (Phi) is 8.57. The molecule has 1 aromatic carbocycles. The summed E-state index contributed by atoms with van der Waals surface area (Å²) in [5, 5.41) is 0. The fourth-order valence-corrected chi connectivity index (χ4v) is 6.32. The second-order valence-corrected chi connectivity index (χ2v) is 12.4. The molecular weight excluding hydrogens is 520 g/mol. The van der Waals surface area contributed by atoms with Gasteiger partial charge in [-0.25, -0.2) is 9.59 Å². The SMILES string of the molecule is CC(COC(=O)c1ccccc1)N(C(=O)OC(C)(C)C)C1c2oc3cc2C2CCN(CCCCC=CCC3)C(=O)C21. The highest BCUT2D eigenvalue weighted by Gasteiger charge is 2.55. The monoisotopic (exact) mass is 562 g/mol. The van der Waals surface area contributed by atoms with Gasteiger partial charge in [-0.3, -0.25) is 9.69 Å². The second kappa shape index (κ2) is 12.1. The zero-order valence-corrected chi connectivity index (χ0v) is 24.6. The molecule has 4 heterocycles. The minimum Gasteiger partial charge on any atom is -0.464 e. The number of hydrogen-bond donors (Lipinski definition) is 0. The lowest BCUT2D eigenvalue weighted by Crippen LogP contribution is -2.52. The van der Waals surface area contributed by atoms with Crippen LogP contribution in [0.4, 0.5) is 4.79 Å². The number of rotatable bonds is 5. The van der Waals surface area contributed by atoms with Gasteiger partial charge in [0.05, 0.1) is 17.5 Å². The Hall–Kier alpha value is -3.55. The summed E-state index contributed by atoms with van der Waals surface area (Å²) in [5.74, 6) is 0.587. The number of furan rings is 1. The van der Waals surface area contributed by atoms with E-state index >= 15 is 0 Å². The van der Waals surface area contributed by atoms with Crippen molar-refractivity contribution in [1.82, 2.24) is 9.80 Å². The minimum atomic E-state index is -0.755. The Morgan fingerprint density at radius 3 is 2.61 bits per heavy atom. The van der Waals surface area contributed by atoms with E-state index in [0.29, 0.717) is 24.4 Å². The molecule has 6 bridgehead atoms. The third kappa shape index (κ3) is 6.36. The van der Waals surface area contributed by atoms with E-state index in [9.17, 15) is 14.4 Å². The fraction of sp³-hybridized carbons (Fsp3) is 0.545. The maximum absolute atomic E-state index is 14.1. The normalized spacial score (nSPS) is 23.2. The number of aryl methyl sites for hydroxylation is 1. The number of amides is 2. The summed E-state index contributed by atoms with van der Waals surface area (Å²) in [6.07, 6.45) is 9.26. The lowest BCUT2D eigenvalue weighted by atomic mass is 9.82. The molecule has 41 heavy (non-hydrogen) atoms. The lowest BCUT2D eigenvalue weighted by molar-refractivity contribution is -0.142. The number of carbonyl (C=O) groups excluding carboxylic acids is 3. The molecule has 8 nitrogen and oxygen atoms in total. The first-order chi connectivity index (χ1) is 19.6. The van der Waals surface area contributed by atoms with Gasteiger partial charge in [0.25, 0.3) is 0 Å². The summed E-state index contributed by atoms with van der Waals surface area (Å²) in [7, 11) is 0. The van der Waals surface area contributed by atoms with E-state index in [1.807, 2.05) is 38.7 Å². The Labute approximate surface area is 242 Å². The average molecular weight is 563 g/mol. The summed E-state index contributed by atoms with van der Waals surface area (Å²) < 4.78 is 18.1. The zero-order chi connectivity index (χ0) is 29.1. The van der Waals surface area contributed by atoms with Crippen LogP contribution < -0.4 is 0 Å².